The molecule has 5 heteroatoms. The first-order valence-corrected chi connectivity index (χ1v) is 8.00. The van der Waals surface area contributed by atoms with Crippen LogP contribution in [0, 0.1) is 0 Å². The summed E-state index contributed by atoms with van der Waals surface area (Å²) in [6, 6.07) is 2.15. The molecule has 0 aliphatic heterocycles. The lowest BCUT2D eigenvalue weighted by Crippen LogP contribution is -2.43. The van der Waals surface area contributed by atoms with Crippen molar-refractivity contribution in [2.45, 2.75) is 57.9 Å². The maximum Gasteiger partial charge on any atom is 0.272 e. The molecule has 1 heterocycles. The Morgan fingerprint density at radius 2 is 2.10 bits per heavy atom. The van der Waals surface area contributed by atoms with Gasteiger partial charge < -0.3 is 10.0 Å². The van der Waals surface area contributed by atoms with Crippen molar-refractivity contribution in [3.05, 3.63) is 17.5 Å². The van der Waals surface area contributed by atoms with E-state index in [-0.39, 0.29) is 18.6 Å². The van der Waals surface area contributed by atoms with E-state index in [2.05, 4.69) is 18.9 Å². The molecule has 5 nitrogen and oxygen atoms in total. The van der Waals surface area contributed by atoms with E-state index < -0.39 is 0 Å². The van der Waals surface area contributed by atoms with E-state index in [1.807, 2.05) is 18.0 Å². The number of aliphatic hydroxyl groups is 1. The molecule has 1 aromatic heterocycles. The highest BCUT2D eigenvalue weighted by Crippen LogP contribution is 2.24. The largest absolute Gasteiger partial charge is 0.395 e. The van der Waals surface area contributed by atoms with Crippen molar-refractivity contribution >= 4 is 5.91 Å². The normalized spacial score (nSPS) is 16.4. The van der Waals surface area contributed by atoms with Gasteiger partial charge in [-0.25, -0.2) is 0 Å². The molecule has 0 atom stereocenters. The van der Waals surface area contributed by atoms with Crippen LogP contribution >= 0.6 is 0 Å². The summed E-state index contributed by atoms with van der Waals surface area (Å²) in [5.74, 6) is 0.302. The molecule has 1 aliphatic rings. The van der Waals surface area contributed by atoms with Crippen LogP contribution in [0.25, 0.3) is 0 Å². The molecule has 0 spiro atoms. The number of aliphatic hydroxyl groups excluding tert-OH is 1. The summed E-state index contributed by atoms with van der Waals surface area (Å²) in [5, 5.41) is 13.7. The molecule has 0 radical (unpaired) electrons. The summed E-state index contributed by atoms with van der Waals surface area (Å²) >= 11 is 0. The van der Waals surface area contributed by atoms with Crippen LogP contribution in [0.1, 0.15) is 68.1 Å². The van der Waals surface area contributed by atoms with E-state index >= 15 is 0 Å². The quantitative estimate of drug-likeness (QED) is 0.906. The van der Waals surface area contributed by atoms with E-state index in [1.165, 1.54) is 19.3 Å². The van der Waals surface area contributed by atoms with Gasteiger partial charge in [0, 0.05) is 19.6 Å². The average Bonchev–Trinajstić information content (AvgIpc) is 2.87. The smallest absolute Gasteiger partial charge is 0.272 e. The van der Waals surface area contributed by atoms with Crippen LogP contribution < -0.4 is 0 Å². The summed E-state index contributed by atoms with van der Waals surface area (Å²) in [7, 11) is 1.82. The number of nitrogens with zero attached hydrogens (tertiary/aromatic N) is 3. The number of carbonyl (C=O) groups excluding carboxylic acids is 1. The Bertz CT molecular complexity index is 476. The van der Waals surface area contributed by atoms with Crippen molar-refractivity contribution in [2.24, 2.45) is 7.05 Å². The number of amides is 1. The molecule has 0 aromatic carbocycles. The van der Waals surface area contributed by atoms with Crippen molar-refractivity contribution in [3.8, 4) is 0 Å². The van der Waals surface area contributed by atoms with E-state index in [4.69, 9.17) is 0 Å². The Hall–Kier alpha value is -1.36. The number of hydrogen-bond donors (Lipinski definition) is 1. The van der Waals surface area contributed by atoms with Gasteiger partial charge in [0.2, 0.25) is 0 Å². The Morgan fingerprint density at radius 3 is 2.62 bits per heavy atom. The lowest BCUT2D eigenvalue weighted by atomic mass is 9.94. The summed E-state index contributed by atoms with van der Waals surface area (Å²) in [6.45, 7) is 4.56. The molecule has 1 amide bonds. The third kappa shape index (κ3) is 3.64. The lowest BCUT2D eigenvalue weighted by Gasteiger charge is -2.34. The molecule has 2 rings (SSSR count). The van der Waals surface area contributed by atoms with Crippen molar-refractivity contribution in [1.29, 1.82) is 0 Å². The zero-order chi connectivity index (χ0) is 15.4. The fourth-order valence-corrected chi connectivity index (χ4v) is 3.07. The molecule has 21 heavy (non-hydrogen) atoms. The zero-order valence-electron chi connectivity index (χ0n) is 13.4. The summed E-state index contributed by atoms with van der Waals surface area (Å²) in [6.07, 6.45) is 5.67. The Kier molecular flexibility index (Phi) is 5.39. The van der Waals surface area contributed by atoms with Gasteiger partial charge in [-0.15, -0.1) is 0 Å². The molecule has 1 aromatic rings. The van der Waals surface area contributed by atoms with Crippen molar-refractivity contribution in [3.63, 3.8) is 0 Å². The Balaban J connectivity index is 2.21. The molecule has 1 saturated carbocycles. The molecule has 1 fully saturated rings. The van der Waals surface area contributed by atoms with Crippen LogP contribution in [0.3, 0.4) is 0 Å². The van der Waals surface area contributed by atoms with Gasteiger partial charge >= 0.3 is 0 Å². The summed E-state index contributed by atoms with van der Waals surface area (Å²) in [5.41, 5.74) is 1.56. The third-order valence-electron chi connectivity index (χ3n) is 4.33. The predicted octanol–water partition coefficient (Wildman–Crippen LogP) is 2.31. The van der Waals surface area contributed by atoms with Gasteiger partial charge in [0.25, 0.3) is 5.91 Å². The second-order valence-corrected chi connectivity index (χ2v) is 6.25. The van der Waals surface area contributed by atoms with Crippen LogP contribution in [0.15, 0.2) is 6.07 Å². The SMILES string of the molecule is CC(C)c1cc(C(=O)N(CCO)C2CCCCC2)n(C)n1. The van der Waals surface area contributed by atoms with Crippen LogP contribution in [0.2, 0.25) is 0 Å². The van der Waals surface area contributed by atoms with Crippen LogP contribution in [0.5, 0.6) is 0 Å². The Labute approximate surface area is 126 Å². The number of aromatic nitrogens is 2. The number of carbonyl (C=O) groups is 1. The highest BCUT2D eigenvalue weighted by molar-refractivity contribution is 5.93. The molecular formula is C16H27N3O2. The zero-order valence-corrected chi connectivity index (χ0v) is 13.4. The van der Waals surface area contributed by atoms with Gasteiger partial charge in [-0.3, -0.25) is 9.48 Å². The van der Waals surface area contributed by atoms with Gasteiger partial charge in [-0.1, -0.05) is 33.1 Å². The van der Waals surface area contributed by atoms with Gasteiger partial charge in [0.1, 0.15) is 5.69 Å². The molecule has 118 valence electrons. The van der Waals surface area contributed by atoms with Gasteiger partial charge in [-0.2, -0.15) is 5.10 Å². The van der Waals surface area contributed by atoms with Crippen molar-refractivity contribution in [2.75, 3.05) is 13.2 Å². The highest BCUT2D eigenvalue weighted by Gasteiger charge is 2.28. The van der Waals surface area contributed by atoms with Crippen molar-refractivity contribution in [1.82, 2.24) is 14.7 Å². The summed E-state index contributed by atoms with van der Waals surface area (Å²) < 4.78 is 1.67. The van der Waals surface area contributed by atoms with E-state index in [1.54, 1.807) is 4.68 Å². The summed E-state index contributed by atoms with van der Waals surface area (Å²) in [4.78, 5) is 14.7. The van der Waals surface area contributed by atoms with E-state index in [0.29, 0.717) is 18.2 Å². The fraction of sp³-hybridized carbons (Fsp3) is 0.750. The molecule has 1 aliphatic carbocycles. The first-order valence-electron chi connectivity index (χ1n) is 8.00. The second-order valence-electron chi connectivity index (χ2n) is 6.25. The first kappa shape index (κ1) is 16.0. The first-order chi connectivity index (χ1) is 10.0. The van der Waals surface area contributed by atoms with Crippen LogP contribution in [-0.2, 0) is 7.05 Å². The van der Waals surface area contributed by atoms with Gasteiger partial charge in [0.15, 0.2) is 0 Å². The standard InChI is InChI=1S/C16H27N3O2/c1-12(2)14-11-15(18(3)17-14)16(21)19(9-10-20)13-7-5-4-6-8-13/h11-13,20H,4-10H2,1-3H3. The molecule has 0 bridgehead atoms. The van der Waals surface area contributed by atoms with E-state index in [9.17, 15) is 9.90 Å². The second kappa shape index (κ2) is 7.07. The average molecular weight is 293 g/mol. The fourth-order valence-electron chi connectivity index (χ4n) is 3.07. The topological polar surface area (TPSA) is 58.4 Å². The number of hydrogen-bond acceptors (Lipinski definition) is 3. The van der Waals surface area contributed by atoms with Gasteiger partial charge in [0.05, 0.1) is 12.3 Å². The molecule has 1 N–H and O–H groups in total. The number of rotatable bonds is 5. The Morgan fingerprint density at radius 1 is 1.43 bits per heavy atom. The van der Waals surface area contributed by atoms with Gasteiger partial charge in [-0.05, 0) is 24.8 Å². The minimum absolute atomic E-state index is 0.00199. The molecule has 0 unspecified atom stereocenters. The third-order valence-corrected chi connectivity index (χ3v) is 4.33. The minimum Gasteiger partial charge on any atom is -0.395 e. The number of aryl methyl sites for hydroxylation is 1. The monoisotopic (exact) mass is 293 g/mol. The molecule has 0 saturated heterocycles. The highest BCUT2D eigenvalue weighted by atomic mass is 16.3. The molecular weight excluding hydrogens is 266 g/mol. The van der Waals surface area contributed by atoms with Crippen LogP contribution in [0.4, 0.5) is 0 Å². The van der Waals surface area contributed by atoms with Crippen LogP contribution in [-0.4, -0.2) is 44.9 Å². The maximum absolute atomic E-state index is 12.8. The lowest BCUT2D eigenvalue weighted by molar-refractivity contribution is 0.0574. The predicted molar refractivity (Wildman–Crippen MR) is 82.3 cm³/mol. The maximum atomic E-state index is 12.8. The minimum atomic E-state index is -0.00199. The van der Waals surface area contributed by atoms with Crippen molar-refractivity contribution < 1.29 is 9.90 Å². The van der Waals surface area contributed by atoms with E-state index in [0.717, 1.165) is 18.5 Å².